The maximum atomic E-state index is 8.72. The molecule has 1 aliphatic rings. The zero-order valence-electron chi connectivity index (χ0n) is 8.69. The van der Waals surface area contributed by atoms with E-state index in [0.717, 1.165) is 12.8 Å². The highest BCUT2D eigenvalue weighted by molar-refractivity contribution is 5.24. The van der Waals surface area contributed by atoms with Gasteiger partial charge in [-0.15, -0.1) is 0 Å². The summed E-state index contributed by atoms with van der Waals surface area (Å²) in [5.41, 5.74) is 2.42. The third-order valence-electron chi connectivity index (χ3n) is 2.60. The Morgan fingerprint density at radius 1 is 1.27 bits per heavy atom. The van der Waals surface area contributed by atoms with E-state index in [1.54, 1.807) is 0 Å². The second kappa shape index (κ2) is 5.26. The van der Waals surface area contributed by atoms with E-state index in [4.69, 9.17) is 14.6 Å². The van der Waals surface area contributed by atoms with Gasteiger partial charge in [-0.3, -0.25) is 0 Å². The van der Waals surface area contributed by atoms with Gasteiger partial charge in [-0.1, -0.05) is 24.3 Å². The lowest BCUT2D eigenvalue weighted by molar-refractivity contribution is 0.0466. The van der Waals surface area contributed by atoms with Crippen LogP contribution in [0.25, 0.3) is 0 Å². The Kier molecular flexibility index (Phi) is 3.72. The molecule has 1 fully saturated rings. The first-order valence-electron chi connectivity index (χ1n) is 5.29. The number of aliphatic hydroxyl groups excluding tert-OH is 1. The number of hydrogen-bond donors (Lipinski definition) is 1. The van der Waals surface area contributed by atoms with Gasteiger partial charge in [0.25, 0.3) is 0 Å². The number of aryl methyl sites for hydroxylation is 1. The first-order valence-corrected chi connectivity index (χ1v) is 5.29. The summed E-state index contributed by atoms with van der Waals surface area (Å²) in [5, 5.41) is 8.72. The molecule has 0 spiro atoms. The molecule has 0 bridgehead atoms. The molecule has 1 aliphatic heterocycles. The van der Waals surface area contributed by atoms with Crippen LogP contribution < -0.4 is 0 Å². The quantitative estimate of drug-likeness (QED) is 0.817. The Morgan fingerprint density at radius 2 is 2.07 bits per heavy atom. The van der Waals surface area contributed by atoms with E-state index in [-0.39, 0.29) is 12.7 Å². The predicted molar refractivity (Wildman–Crippen MR) is 56.5 cm³/mol. The van der Waals surface area contributed by atoms with Crippen LogP contribution in [-0.4, -0.2) is 25.1 Å². The molecule has 1 saturated heterocycles. The molecule has 1 unspecified atom stereocenters. The standard InChI is InChI=1S/C12H16O3/c13-7-1-2-10-3-5-11(6-4-10)12-8-14-9-15-12/h3-6,12-13H,1-2,7-9H2. The summed E-state index contributed by atoms with van der Waals surface area (Å²) in [6.07, 6.45) is 1.85. The third kappa shape index (κ3) is 2.78. The lowest BCUT2D eigenvalue weighted by Gasteiger charge is -2.08. The van der Waals surface area contributed by atoms with Crippen molar-refractivity contribution in [2.75, 3.05) is 20.0 Å². The summed E-state index contributed by atoms with van der Waals surface area (Å²) in [4.78, 5) is 0. The van der Waals surface area contributed by atoms with Gasteiger partial charge in [0, 0.05) is 6.61 Å². The summed E-state index contributed by atoms with van der Waals surface area (Å²) < 4.78 is 10.5. The van der Waals surface area contributed by atoms with Gasteiger partial charge in [-0.25, -0.2) is 0 Å². The van der Waals surface area contributed by atoms with Crippen molar-refractivity contribution in [1.82, 2.24) is 0 Å². The average Bonchev–Trinajstić information content (AvgIpc) is 2.80. The summed E-state index contributed by atoms with van der Waals surface area (Å²) in [6.45, 7) is 1.30. The van der Waals surface area contributed by atoms with Crippen LogP contribution in [0.5, 0.6) is 0 Å². The predicted octanol–water partition coefficient (Wildman–Crippen LogP) is 1.66. The molecule has 0 aromatic heterocycles. The van der Waals surface area contributed by atoms with Crippen molar-refractivity contribution < 1.29 is 14.6 Å². The molecule has 1 aromatic carbocycles. The average molecular weight is 208 g/mol. The molecule has 2 rings (SSSR count). The Morgan fingerprint density at radius 3 is 2.67 bits per heavy atom. The molecule has 1 heterocycles. The molecule has 82 valence electrons. The fraction of sp³-hybridized carbons (Fsp3) is 0.500. The van der Waals surface area contributed by atoms with Crippen molar-refractivity contribution in [3.8, 4) is 0 Å². The third-order valence-corrected chi connectivity index (χ3v) is 2.60. The molecule has 15 heavy (non-hydrogen) atoms. The number of rotatable bonds is 4. The van der Waals surface area contributed by atoms with E-state index < -0.39 is 0 Å². The van der Waals surface area contributed by atoms with Gasteiger partial charge in [0.15, 0.2) is 0 Å². The van der Waals surface area contributed by atoms with E-state index in [9.17, 15) is 0 Å². The Hall–Kier alpha value is -0.900. The zero-order chi connectivity index (χ0) is 10.5. The van der Waals surface area contributed by atoms with Crippen LogP contribution in [0.3, 0.4) is 0 Å². The molecule has 0 aliphatic carbocycles. The minimum Gasteiger partial charge on any atom is -0.396 e. The van der Waals surface area contributed by atoms with Crippen LogP contribution in [0.1, 0.15) is 23.7 Å². The molecule has 1 aromatic rings. The molecule has 1 atom stereocenters. The van der Waals surface area contributed by atoms with E-state index in [1.165, 1.54) is 11.1 Å². The molecular formula is C12H16O3. The fourth-order valence-electron chi connectivity index (χ4n) is 1.71. The van der Waals surface area contributed by atoms with Gasteiger partial charge < -0.3 is 14.6 Å². The SMILES string of the molecule is OCCCc1ccc(C2COCO2)cc1. The van der Waals surface area contributed by atoms with Crippen molar-refractivity contribution in [2.45, 2.75) is 18.9 Å². The summed E-state index contributed by atoms with van der Waals surface area (Å²) in [7, 11) is 0. The highest BCUT2D eigenvalue weighted by Gasteiger charge is 2.17. The minimum absolute atomic E-state index is 0.0943. The monoisotopic (exact) mass is 208 g/mol. The van der Waals surface area contributed by atoms with Crippen LogP contribution in [-0.2, 0) is 15.9 Å². The van der Waals surface area contributed by atoms with Gasteiger partial charge in [-0.05, 0) is 24.0 Å². The van der Waals surface area contributed by atoms with Crippen molar-refractivity contribution in [3.63, 3.8) is 0 Å². The first-order chi connectivity index (χ1) is 7.40. The smallest absolute Gasteiger partial charge is 0.147 e. The lowest BCUT2D eigenvalue weighted by atomic mass is 10.0. The second-order valence-corrected chi connectivity index (χ2v) is 3.71. The number of aliphatic hydroxyl groups is 1. The van der Waals surface area contributed by atoms with Crippen LogP contribution in [0, 0.1) is 0 Å². The van der Waals surface area contributed by atoms with Gasteiger partial charge in [0.05, 0.1) is 6.61 Å². The highest BCUT2D eigenvalue weighted by Crippen LogP contribution is 2.22. The number of ether oxygens (including phenoxy) is 2. The van der Waals surface area contributed by atoms with Crippen LogP contribution in [0.15, 0.2) is 24.3 Å². The highest BCUT2D eigenvalue weighted by atomic mass is 16.7. The van der Waals surface area contributed by atoms with Gasteiger partial charge in [0.1, 0.15) is 12.9 Å². The Labute approximate surface area is 89.6 Å². The van der Waals surface area contributed by atoms with Gasteiger partial charge in [-0.2, -0.15) is 0 Å². The van der Waals surface area contributed by atoms with Crippen molar-refractivity contribution in [1.29, 1.82) is 0 Å². The van der Waals surface area contributed by atoms with Crippen LogP contribution in [0.4, 0.5) is 0 Å². The largest absolute Gasteiger partial charge is 0.396 e. The molecule has 1 N–H and O–H groups in total. The summed E-state index contributed by atoms with van der Waals surface area (Å²) in [5.74, 6) is 0. The molecule has 0 amide bonds. The van der Waals surface area contributed by atoms with Gasteiger partial charge in [0.2, 0.25) is 0 Å². The molecule has 0 saturated carbocycles. The molecule has 3 nitrogen and oxygen atoms in total. The lowest BCUT2D eigenvalue weighted by Crippen LogP contribution is -1.99. The van der Waals surface area contributed by atoms with Crippen molar-refractivity contribution >= 4 is 0 Å². The maximum Gasteiger partial charge on any atom is 0.147 e. The first kappa shape index (κ1) is 10.6. The normalized spacial score (nSPS) is 20.7. The van der Waals surface area contributed by atoms with Crippen molar-refractivity contribution in [2.24, 2.45) is 0 Å². The number of hydrogen-bond acceptors (Lipinski definition) is 3. The Balaban J connectivity index is 1.96. The van der Waals surface area contributed by atoms with E-state index in [0.29, 0.717) is 13.4 Å². The topological polar surface area (TPSA) is 38.7 Å². The van der Waals surface area contributed by atoms with Crippen LogP contribution in [0.2, 0.25) is 0 Å². The number of benzene rings is 1. The van der Waals surface area contributed by atoms with E-state index in [2.05, 4.69) is 24.3 Å². The Bertz CT molecular complexity index is 288. The molecule has 0 radical (unpaired) electrons. The maximum absolute atomic E-state index is 8.72. The van der Waals surface area contributed by atoms with Gasteiger partial charge >= 0.3 is 0 Å². The second-order valence-electron chi connectivity index (χ2n) is 3.71. The zero-order valence-corrected chi connectivity index (χ0v) is 8.69. The molecule has 3 heteroatoms. The minimum atomic E-state index is 0.0943. The van der Waals surface area contributed by atoms with E-state index in [1.807, 2.05) is 0 Å². The van der Waals surface area contributed by atoms with Crippen molar-refractivity contribution in [3.05, 3.63) is 35.4 Å². The molecular weight excluding hydrogens is 192 g/mol. The van der Waals surface area contributed by atoms with Crippen LogP contribution >= 0.6 is 0 Å². The summed E-state index contributed by atoms with van der Waals surface area (Å²) in [6, 6.07) is 8.33. The van der Waals surface area contributed by atoms with E-state index >= 15 is 0 Å². The summed E-state index contributed by atoms with van der Waals surface area (Å²) >= 11 is 0. The fourth-order valence-corrected chi connectivity index (χ4v) is 1.71.